The van der Waals surface area contributed by atoms with Crippen molar-refractivity contribution >= 4 is 39.0 Å². The van der Waals surface area contributed by atoms with Gasteiger partial charge in [0, 0.05) is 54.9 Å². The van der Waals surface area contributed by atoms with E-state index in [1.165, 1.54) is 25.0 Å². The maximum Gasteiger partial charge on any atom is 0.238 e. The van der Waals surface area contributed by atoms with Crippen LogP contribution in [-0.4, -0.2) is 71.3 Å². The molecule has 0 radical (unpaired) electrons. The molecule has 12 heteroatoms. The molecule has 36 heavy (non-hydrogen) atoms. The summed E-state index contributed by atoms with van der Waals surface area (Å²) in [5.74, 6) is 2.42. The number of carbonyl (C=O) groups is 1. The summed E-state index contributed by atoms with van der Waals surface area (Å²) in [5, 5.41) is 16.8. The van der Waals surface area contributed by atoms with Crippen LogP contribution in [0.2, 0.25) is 0 Å². The summed E-state index contributed by atoms with van der Waals surface area (Å²) in [7, 11) is -3.33. The molecule has 3 heterocycles. The van der Waals surface area contributed by atoms with Crippen molar-refractivity contribution in [1.82, 2.24) is 25.1 Å². The van der Waals surface area contributed by atoms with Crippen LogP contribution in [0.1, 0.15) is 37.3 Å². The number of sulfone groups is 1. The number of aromatic amines is 1. The number of nitrogens with zero attached hydrogens (tertiary/aromatic N) is 4. The Kier molecular flexibility index (Phi) is 6.88. The van der Waals surface area contributed by atoms with Crippen molar-refractivity contribution in [1.29, 1.82) is 0 Å². The molecule has 1 aliphatic carbocycles. The summed E-state index contributed by atoms with van der Waals surface area (Å²) in [6, 6.07) is 10.3. The maximum absolute atomic E-state index is 12.5. The summed E-state index contributed by atoms with van der Waals surface area (Å²) in [6.07, 6.45) is 6.99. The number of hydrogen-bond donors (Lipinski definition) is 4. The number of carbonyl (C=O) groups excluding carboxylic acids is 1. The first kappa shape index (κ1) is 24.2. The Bertz CT molecular complexity index is 1330. The van der Waals surface area contributed by atoms with Gasteiger partial charge in [-0.15, -0.1) is 0 Å². The highest BCUT2D eigenvalue weighted by molar-refractivity contribution is 7.90. The first-order valence-electron chi connectivity index (χ1n) is 12.1. The van der Waals surface area contributed by atoms with Crippen LogP contribution in [0, 0.1) is 0 Å². The van der Waals surface area contributed by atoms with Gasteiger partial charge in [-0.05, 0) is 49.9 Å². The third-order valence-electron chi connectivity index (χ3n) is 6.36. The van der Waals surface area contributed by atoms with Crippen LogP contribution in [0.4, 0.5) is 23.3 Å². The average molecular weight is 511 g/mol. The number of anilines is 4. The molecule has 3 aromatic rings. The van der Waals surface area contributed by atoms with Crippen molar-refractivity contribution in [3.63, 3.8) is 0 Å². The van der Waals surface area contributed by atoms with E-state index < -0.39 is 9.84 Å². The van der Waals surface area contributed by atoms with Crippen molar-refractivity contribution in [3.8, 4) is 0 Å². The van der Waals surface area contributed by atoms with Gasteiger partial charge in [-0.1, -0.05) is 6.07 Å². The zero-order chi connectivity index (χ0) is 25.1. The van der Waals surface area contributed by atoms with Gasteiger partial charge in [0.2, 0.25) is 11.9 Å². The number of amides is 1. The highest BCUT2D eigenvalue weighted by atomic mass is 32.2. The molecular weight excluding hydrogens is 480 g/mol. The Morgan fingerprint density at radius 2 is 1.92 bits per heavy atom. The van der Waals surface area contributed by atoms with Gasteiger partial charge in [-0.3, -0.25) is 14.8 Å². The lowest BCUT2D eigenvalue weighted by Crippen LogP contribution is -2.42. The lowest BCUT2D eigenvalue weighted by Gasteiger charge is -2.31. The van der Waals surface area contributed by atoms with Gasteiger partial charge in [-0.2, -0.15) is 10.1 Å². The van der Waals surface area contributed by atoms with Gasteiger partial charge in [0.25, 0.3) is 0 Å². The number of piperidine rings is 1. The van der Waals surface area contributed by atoms with Crippen molar-refractivity contribution in [2.45, 2.75) is 42.5 Å². The Labute approximate surface area is 210 Å². The molecule has 190 valence electrons. The van der Waals surface area contributed by atoms with E-state index in [9.17, 15) is 13.2 Å². The first-order valence-corrected chi connectivity index (χ1v) is 14.0. The predicted molar refractivity (Wildman–Crippen MR) is 137 cm³/mol. The van der Waals surface area contributed by atoms with E-state index in [-0.39, 0.29) is 23.4 Å². The molecule has 0 bridgehead atoms. The zero-order valence-corrected chi connectivity index (χ0v) is 20.9. The molecule has 1 saturated carbocycles. The van der Waals surface area contributed by atoms with Crippen LogP contribution in [0.5, 0.6) is 0 Å². The van der Waals surface area contributed by atoms with Crippen molar-refractivity contribution < 1.29 is 13.2 Å². The minimum atomic E-state index is -3.33. The van der Waals surface area contributed by atoms with Gasteiger partial charge < -0.3 is 16.0 Å². The summed E-state index contributed by atoms with van der Waals surface area (Å²) in [4.78, 5) is 23.7. The fourth-order valence-corrected chi connectivity index (χ4v) is 4.93. The second-order valence-electron chi connectivity index (χ2n) is 9.42. The predicted octanol–water partition coefficient (Wildman–Crippen LogP) is 2.74. The lowest BCUT2D eigenvalue weighted by atomic mass is 10.1. The van der Waals surface area contributed by atoms with E-state index >= 15 is 0 Å². The van der Waals surface area contributed by atoms with Crippen LogP contribution in [0.15, 0.2) is 47.5 Å². The molecule has 11 nitrogen and oxygen atoms in total. The lowest BCUT2D eigenvalue weighted by molar-refractivity contribution is -0.117. The second-order valence-corrected chi connectivity index (χ2v) is 11.4. The van der Waals surface area contributed by atoms with E-state index in [0.29, 0.717) is 23.4 Å². The number of benzene rings is 1. The fourth-order valence-electron chi connectivity index (χ4n) is 4.26. The third kappa shape index (κ3) is 6.38. The molecule has 0 spiro atoms. The average Bonchev–Trinajstić information content (AvgIpc) is 3.59. The summed E-state index contributed by atoms with van der Waals surface area (Å²) >= 11 is 0. The Morgan fingerprint density at radius 1 is 1.11 bits per heavy atom. The van der Waals surface area contributed by atoms with Crippen molar-refractivity contribution in [3.05, 3.63) is 48.3 Å². The minimum absolute atomic E-state index is 0.169. The van der Waals surface area contributed by atoms with Crippen LogP contribution in [0.25, 0.3) is 0 Å². The van der Waals surface area contributed by atoms with E-state index in [4.69, 9.17) is 0 Å². The highest BCUT2D eigenvalue weighted by Crippen LogP contribution is 2.39. The Balaban J connectivity index is 1.08. The molecule has 1 saturated heterocycles. The molecule has 0 atom stereocenters. The Hall–Kier alpha value is -3.51. The Morgan fingerprint density at radius 3 is 2.67 bits per heavy atom. The van der Waals surface area contributed by atoms with Gasteiger partial charge in [-0.25, -0.2) is 13.4 Å². The smallest absolute Gasteiger partial charge is 0.238 e. The highest BCUT2D eigenvalue weighted by Gasteiger charge is 2.25. The number of H-pyrrole nitrogens is 1. The molecule has 2 aromatic heterocycles. The quantitative estimate of drug-likeness (QED) is 0.341. The number of nitrogens with one attached hydrogen (secondary N) is 4. The SMILES string of the molecule is CS(=O)(=O)c1cccc(NC(=O)CN2CCC(Nc3nccc(Nc4cc(C5CC5)[nH]n4)n3)CC2)c1. The van der Waals surface area contributed by atoms with Crippen molar-refractivity contribution in [2.75, 3.05) is 41.8 Å². The normalized spacial score (nSPS) is 17.0. The molecule has 1 amide bonds. The summed E-state index contributed by atoms with van der Waals surface area (Å²) < 4.78 is 23.5. The minimum Gasteiger partial charge on any atom is -0.351 e. The van der Waals surface area contributed by atoms with E-state index in [1.807, 2.05) is 12.1 Å². The largest absolute Gasteiger partial charge is 0.351 e. The topological polar surface area (TPSA) is 145 Å². The van der Waals surface area contributed by atoms with Gasteiger partial charge >= 0.3 is 0 Å². The van der Waals surface area contributed by atoms with Gasteiger partial charge in [0.15, 0.2) is 15.7 Å². The van der Waals surface area contributed by atoms with Crippen LogP contribution >= 0.6 is 0 Å². The number of rotatable bonds is 9. The van der Waals surface area contributed by atoms with Gasteiger partial charge in [0.1, 0.15) is 5.82 Å². The first-order chi connectivity index (χ1) is 17.3. The third-order valence-corrected chi connectivity index (χ3v) is 7.47. The monoisotopic (exact) mass is 510 g/mol. The van der Waals surface area contributed by atoms with Gasteiger partial charge in [0.05, 0.1) is 11.4 Å². The molecule has 2 aliphatic rings. The maximum atomic E-state index is 12.5. The summed E-state index contributed by atoms with van der Waals surface area (Å²) in [6.45, 7) is 1.76. The van der Waals surface area contributed by atoms with Crippen LogP contribution in [0.3, 0.4) is 0 Å². The van der Waals surface area contributed by atoms with E-state index in [1.54, 1.807) is 18.3 Å². The van der Waals surface area contributed by atoms with Crippen molar-refractivity contribution in [2.24, 2.45) is 0 Å². The molecular formula is C24H30N8O3S. The number of aromatic nitrogens is 4. The zero-order valence-electron chi connectivity index (χ0n) is 20.1. The standard InChI is InChI=1S/C24H30N8O3S/c1-36(34,35)19-4-2-3-18(13-19)26-23(33)15-32-11-8-17(9-12-32)27-24-25-10-7-21(29-24)28-22-14-20(30-31-22)16-5-6-16/h2-4,7,10,13-14,16-17H,5-6,8-9,11-12,15H2,1H3,(H,26,33)(H3,25,27,28,29,30,31). The van der Waals surface area contributed by atoms with Crippen LogP contribution in [-0.2, 0) is 14.6 Å². The molecule has 1 aromatic carbocycles. The van der Waals surface area contributed by atoms with E-state index in [0.717, 1.165) is 43.7 Å². The number of hydrogen-bond acceptors (Lipinski definition) is 9. The molecule has 1 aliphatic heterocycles. The van der Waals surface area contributed by atoms with E-state index in [2.05, 4.69) is 41.0 Å². The fraction of sp³-hybridized carbons (Fsp3) is 0.417. The molecule has 0 unspecified atom stereocenters. The number of likely N-dealkylation sites (tertiary alicyclic amines) is 1. The summed E-state index contributed by atoms with van der Waals surface area (Å²) in [5.41, 5.74) is 1.64. The second kappa shape index (κ2) is 10.2. The molecule has 4 N–H and O–H groups in total. The van der Waals surface area contributed by atoms with Crippen LogP contribution < -0.4 is 16.0 Å². The molecule has 5 rings (SSSR count). The molecule has 2 fully saturated rings.